The molecule has 0 radical (unpaired) electrons. The molecule has 5 nitrogen and oxygen atoms in total. The van der Waals surface area contributed by atoms with Crippen LogP contribution in [0.25, 0.3) is 0 Å². The Labute approximate surface area is 105 Å². The van der Waals surface area contributed by atoms with Crippen LogP contribution >= 0.6 is 0 Å². The summed E-state index contributed by atoms with van der Waals surface area (Å²) in [6.07, 6.45) is 0. The second kappa shape index (κ2) is 6.30. The van der Waals surface area contributed by atoms with Crippen molar-refractivity contribution >= 4 is 11.4 Å². The highest BCUT2D eigenvalue weighted by Gasteiger charge is 2.16. The quantitative estimate of drug-likeness (QED) is 0.580. The van der Waals surface area contributed by atoms with Crippen molar-refractivity contribution in [1.29, 1.82) is 0 Å². The number of ether oxygens (including phenoxy) is 1. The lowest BCUT2D eigenvalue weighted by atomic mass is 10.2. The Balaban J connectivity index is 3.07. The van der Waals surface area contributed by atoms with Gasteiger partial charge in [0.05, 0.1) is 17.6 Å². The van der Waals surface area contributed by atoms with Crippen molar-refractivity contribution in [3.05, 3.63) is 34.1 Å². The third-order valence-corrected chi connectivity index (χ3v) is 2.57. The number of methoxy groups -OCH3 is 1. The molecule has 1 aromatic rings. The van der Waals surface area contributed by atoms with Gasteiger partial charge in [-0.05, 0) is 19.9 Å². The van der Waals surface area contributed by atoms with E-state index in [0.717, 1.165) is 6.07 Å². The van der Waals surface area contributed by atoms with Crippen LogP contribution in [0, 0.1) is 15.9 Å². The summed E-state index contributed by atoms with van der Waals surface area (Å²) < 4.78 is 18.4. The zero-order valence-corrected chi connectivity index (χ0v) is 10.7. The van der Waals surface area contributed by atoms with Crippen molar-refractivity contribution in [3.63, 3.8) is 0 Å². The number of hydrogen-bond donors (Lipinski definition) is 0. The fraction of sp³-hybridized carbons (Fsp3) is 0.500. The number of nitrogens with zero attached hydrogens (tertiary/aromatic N) is 2. The Morgan fingerprint density at radius 2 is 2.11 bits per heavy atom. The zero-order valence-electron chi connectivity index (χ0n) is 10.7. The van der Waals surface area contributed by atoms with Crippen molar-refractivity contribution in [2.24, 2.45) is 0 Å². The largest absolute Gasteiger partial charge is 0.383 e. The minimum atomic E-state index is -0.609. The van der Waals surface area contributed by atoms with E-state index < -0.39 is 10.7 Å². The van der Waals surface area contributed by atoms with E-state index in [9.17, 15) is 14.5 Å². The van der Waals surface area contributed by atoms with Crippen molar-refractivity contribution in [2.45, 2.75) is 19.9 Å². The predicted octanol–water partition coefficient (Wildman–Crippen LogP) is 2.60. The van der Waals surface area contributed by atoms with Crippen LogP contribution in [0.1, 0.15) is 13.8 Å². The van der Waals surface area contributed by atoms with Crippen molar-refractivity contribution in [2.75, 3.05) is 25.2 Å². The Bertz CT molecular complexity index is 424. The lowest BCUT2D eigenvalue weighted by Crippen LogP contribution is -2.33. The minimum Gasteiger partial charge on any atom is -0.383 e. The molecule has 0 bridgehead atoms. The first-order valence-electron chi connectivity index (χ1n) is 5.66. The van der Waals surface area contributed by atoms with Crippen LogP contribution in [0.15, 0.2) is 18.2 Å². The number of halogens is 1. The lowest BCUT2D eigenvalue weighted by Gasteiger charge is -2.28. The van der Waals surface area contributed by atoms with Crippen molar-refractivity contribution < 1.29 is 14.1 Å². The van der Waals surface area contributed by atoms with Gasteiger partial charge in [-0.2, -0.15) is 0 Å². The lowest BCUT2D eigenvalue weighted by molar-refractivity contribution is -0.385. The van der Waals surface area contributed by atoms with Gasteiger partial charge in [0.1, 0.15) is 5.82 Å². The maximum absolute atomic E-state index is 13.4. The fourth-order valence-corrected chi connectivity index (χ4v) is 1.71. The second-order valence-corrected chi connectivity index (χ2v) is 4.20. The van der Waals surface area contributed by atoms with E-state index >= 15 is 0 Å². The molecular weight excluding hydrogens is 239 g/mol. The first kappa shape index (κ1) is 14.4. The Kier molecular flexibility index (Phi) is 5.03. The van der Waals surface area contributed by atoms with Crippen molar-refractivity contribution in [3.8, 4) is 0 Å². The van der Waals surface area contributed by atoms with Crippen LogP contribution in [-0.4, -0.2) is 31.2 Å². The smallest absolute Gasteiger partial charge is 0.274 e. The summed E-state index contributed by atoms with van der Waals surface area (Å²) in [5.41, 5.74) is 0.252. The maximum atomic E-state index is 13.4. The van der Waals surface area contributed by atoms with E-state index in [2.05, 4.69) is 0 Å². The Hall–Kier alpha value is -1.69. The van der Waals surface area contributed by atoms with Gasteiger partial charge in [0.2, 0.25) is 0 Å². The van der Waals surface area contributed by atoms with E-state index in [1.54, 1.807) is 7.11 Å². The summed E-state index contributed by atoms with van der Waals surface area (Å²) in [5, 5.41) is 10.7. The van der Waals surface area contributed by atoms with Crippen LogP contribution in [0.4, 0.5) is 15.8 Å². The monoisotopic (exact) mass is 256 g/mol. The van der Waals surface area contributed by atoms with Gasteiger partial charge >= 0.3 is 0 Å². The van der Waals surface area contributed by atoms with Crippen LogP contribution < -0.4 is 4.90 Å². The number of benzene rings is 1. The summed E-state index contributed by atoms with van der Waals surface area (Å²) in [6, 6.07) is 3.68. The topological polar surface area (TPSA) is 55.6 Å². The molecule has 0 saturated heterocycles. The molecule has 0 unspecified atom stereocenters. The molecule has 0 fully saturated rings. The minimum absolute atomic E-state index is 0.0987. The Morgan fingerprint density at radius 3 is 2.61 bits per heavy atom. The van der Waals surface area contributed by atoms with Gasteiger partial charge in [-0.25, -0.2) is 4.39 Å². The van der Waals surface area contributed by atoms with Gasteiger partial charge < -0.3 is 9.64 Å². The highest BCUT2D eigenvalue weighted by molar-refractivity contribution is 5.54. The molecule has 0 aliphatic carbocycles. The van der Waals surface area contributed by atoms with E-state index in [4.69, 9.17) is 4.74 Å². The molecule has 1 rings (SSSR count). The molecule has 0 aliphatic rings. The third kappa shape index (κ3) is 3.66. The van der Waals surface area contributed by atoms with E-state index in [1.807, 2.05) is 18.7 Å². The van der Waals surface area contributed by atoms with Gasteiger partial charge in [-0.3, -0.25) is 10.1 Å². The SMILES string of the molecule is COCCN(c1cc(F)cc([N+](=O)[O-])c1)C(C)C. The molecule has 18 heavy (non-hydrogen) atoms. The molecule has 0 N–H and O–H groups in total. The summed E-state index contributed by atoms with van der Waals surface area (Å²) in [6.45, 7) is 4.90. The molecule has 0 saturated carbocycles. The molecule has 0 heterocycles. The molecule has 100 valence electrons. The van der Waals surface area contributed by atoms with E-state index in [0.29, 0.717) is 18.8 Å². The van der Waals surface area contributed by atoms with Gasteiger partial charge in [0.15, 0.2) is 0 Å². The molecule has 0 amide bonds. The average molecular weight is 256 g/mol. The number of anilines is 1. The molecule has 0 aliphatic heterocycles. The maximum Gasteiger partial charge on any atom is 0.274 e. The highest BCUT2D eigenvalue weighted by Crippen LogP contribution is 2.24. The second-order valence-electron chi connectivity index (χ2n) is 4.20. The standard InChI is InChI=1S/C12H17FN2O3/c1-9(2)14(4-5-18-3)11-6-10(13)7-12(8-11)15(16)17/h6-9H,4-5H2,1-3H3. The number of nitro groups is 1. The van der Waals surface area contributed by atoms with Crippen LogP contribution in [0.2, 0.25) is 0 Å². The van der Waals surface area contributed by atoms with E-state index in [-0.39, 0.29) is 11.7 Å². The number of rotatable bonds is 6. The summed E-state index contributed by atoms with van der Waals surface area (Å²) in [5.74, 6) is -0.609. The zero-order chi connectivity index (χ0) is 13.7. The van der Waals surface area contributed by atoms with Gasteiger partial charge in [-0.15, -0.1) is 0 Å². The molecular formula is C12H17FN2O3. The summed E-state index contributed by atoms with van der Waals surface area (Å²) in [4.78, 5) is 12.0. The summed E-state index contributed by atoms with van der Waals surface area (Å²) in [7, 11) is 1.58. The van der Waals surface area contributed by atoms with Gasteiger partial charge in [-0.1, -0.05) is 0 Å². The van der Waals surface area contributed by atoms with E-state index in [1.165, 1.54) is 12.1 Å². The summed E-state index contributed by atoms with van der Waals surface area (Å²) >= 11 is 0. The molecule has 0 atom stereocenters. The molecule has 0 aromatic heterocycles. The highest BCUT2D eigenvalue weighted by atomic mass is 19.1. The van der Waals surface area contributed by atoms with Crippen LogP contribution in [0.5, 0.6) is 0 Å². The fourth-order valence-electron chi connectivity index (χ4n) is 1.71. The van der Waals surface area contributed by atoms with Crippen LogP contribution in [0.3, 0.4) is 0 Å². The molecule has 1 aromatic carbocycles. The molecule has 0 spiro atoms. The van der Waals surface area contributed by atoms with Crippen molar-refractivity contribution in [1.82, 2.24) is 0 Å². The number of hydrogen-bond acceptors (Lipinski definition) is 4. The predicted molar refractivity (Wildman–Crippen MR) is 67.4 cm³/mol. The first-order valence-corrected chi connectivity index (χ1v) is 5.66. The number of nitro benzene ring substituents is 1. The first-order chi connectivity index (χ1) is 8.45. The van der Waals surface area contributed by atoms with Gasteiger partial charge in [0, 0.05) is 31.5 Å². The molecule has 6 heteroatoms. The van der Waals surface area contributed by atoms with Gasteiger partial charge in [0.25, 0.3) is 5.69 Å². The van der Waals surface area contributed by atoms with Crippen LogP contribution in [-0.2, 0) is 4.74 Å². The third-order valence-electron chi connectivity index (χ3n) is 2.57. The normalized spacial score (nSPS) is 10.7. The number of non-ortho nitro benzene ring substituents is 1. The average Bonchev–Trinajstić information content (AvgIpc) is 2.28. The Morgan fingerprint density at radius 1 is 1.44 bits per heavy atom.